The molecule has 0 N–H and O–H groups in total. The van der Waals surface area contributed by atoms with Crippen LogP contribution in [-0.4, -0.2) is 37.2 Å². The van der Waals surface area contributed by atoms with Crippen molar-refractivity contribution in [2.45, 2.75) is 374 Å². The quantitative estimate of drug-likeness (QED) is 0.0261. The summed E-state index contributed by atoms with van der Waals surface area (Å²) in [6, 6.07) is 0. The highest BCUT2D eigenvalue weighted by atomic mass is 16.6. The Labute approximate surface area is 515 Å². The van der Waals surface area contributed by atoms with Crippen molar-refractivity contribution in [2.24, 2.45) is 0 Å². The Morgan fingerprint density at radius 3 is 0.735 bits per heavy atom. The summed E-state index contributed by atoms with van der Waals surface area (Å²) in [6.07, 6.45) is 94.7. The number of carbonyl (C=O) groups is 3. The highest BCUT2D eigenvalue weighted by molar-refractivity contribution is 5.71. The van der Waals surface area contributed by atoms with E-state index in [1.165, 1.54) is 225 Å². The van der Waals surface area contributed by atoms with Crippen LogP contribution in [0.25, 0.3) is 0 Å². The third kappa shape index (κ3) is 69.3. The molecule has 0 saturated carbocycles. The third-order valence-electron chi connectivity index (χ3n) is 15.9. The molecule has 0 amide bonds. The summed E-state index contributed by atoms with van der Waals surface area (Å²) >= 11 is 0. The van der Waals surface area contributed by atoms with Gasteiger partial charge in [-0.25, -0.2) is 0 Å². The summed E-state index contributed by atoms with van der Waals surface area (Å²) in [7, 11) is 0. The average molecular weight is 1160 g/mol. The minimum atomic E-state index is -0.774. The van der Waals surface area contributed by atoms with Gasteiger partial charge in [0.15, 0.2) is 6.10 Å². The first kappa shape index (κ1) is 79.6. The van der Waals surface area contributed by atoms with Crippen molar-refractivity contribution in [1.82, 2.24) is 0 Å². The first-order chi connectivity index (χ1) is 41.0. The van der Waals surface area contributed by atoms with Gasteiger partial charge in [-0.1, -0.05) is 356 Å². The van der Waals surface area contributed by atoms with E-state index < -0.39 is 6.10 Å². The summed E-state index contributed by atoms with van der Waals surface area (Å²) in [5.41, 5.74) is 0. The highest BCUT2D eigenvalue weighted by Crippen LogP contribution is 2.18. The standard InChI is InChI=1S/C77H136O6/c1-4-7-10-13-16-19-22-25-27-29-31-33-34-35-36-37-38-39-40-41-42-43-44-45-47-48-50-52-55-58-61-64-67-70-76(79)82-73-74(72-81-75(78)69-66-63-60-57-54-24-21-18-15-12-9-6-3)83-77(80)71-68-65-62-59-56-53-51-49-46-32-30-28-26-23-20-17-14-11-8-5-2/h7,10,16,19,25,27,31,33,35-36,38-39,41-42,74H,4-6,8-9,11-15,17-18,20-24,26,28-30,32,34,37,40,43-73H2,1-3H3/b10-7-,19-16-,27-25-,33-31-,36-35-,39-38-,42-41-. The SMILES string of the molecule is CC/C=C\C/C=C\C/C=C\C/C=C\C/C=C\C/C=C\C/C=C\CCCCCCCCCCCCCC(=O)OCC(COC(=O)CCCCCCCCCCCCCC)OC(=O)CCCCCCCCCCCCCCCCCCCCCC. The fourth-order valence-corrected chi connectivity index (χ4v) is 10.5. The number of hydrogen-bond donors (Lipinski definition) is 0. The van der Waals surface area contributed by atoms with Crippen LogP contribution in [0.3, 0.4) is 0 Å². The number of rotatable bonds is 66. The van der Waals surface area contributed by atoms with Gasteiger partial charge in [0.1, 0.15) is 13.2 Å². The Bertz CT molecular complexity index is 1570. The summed E-state index contributed by atoms with van der Waals surface area (Å²) in [5.74, 6) is -0.851. The zero-order valence-electron chi connectivity index (χ0n) is 55.2. The van der Waals surface area contributed by atoms with Gasteiger partial charge in [-0.2, -0.15) is 0 Å². The molecule has 0 rings (SSSR count). The van der Waals surface area contributed by atoms with E-state index in [1.807, 2.05) is 0 Å². The lowest BCUT2D eigenvalue weighted by Crippen LogP contribution is -2.30. The van der Waals surface area contributed by atoms with Crippen molar-refractivity contribution in [3.63, 3.8) is 0 Å². The van der Waals surface area contributed by atoms with E-state index in [-0.39, 0.29) is 31.1 Å². The smallest absolute Gasteiger partial charge is 0.306 e. The molecule has 0 aromatic carbocycles. The number of ether oxygens (including phenoxy) is 3. The molecule has 83 heavy (non-hydrogen) atoms. The van der Waals surface area contributed by atoms with Gasteiger partial charge in [0.05, 0.1) is 0 Å². The van der Waals surface area contributed by atoms with Crippen molar-refractivity contribution in [1.29, 1.82) is 0 Å². The molecule has 0 aliphatic rings. The molecule has 1 atom stereocenters. The molecule has 6 nitrogen and oxygen atoms in total. The van der Waals surface area contributed by atoms with Gasteiger partial charge in [-0.05, 0) is 77.0 Å². The number of unbranched alkanes of at least 4 members (excludes halogenated alkanes) is 41. The zero-order chi connectivity index (χ0) is 59.9. The van der Waals surface area contributed by atoms with Gasteiger partial charge < -0.3 is 14.2 Å². The Hall–Kier alpha value is -3.41. The van der Waals surface area contributed by atoms with E-state index in [0.717, 1.165) is 103 Å². The maximum absolute atomic E-state index is 12.9. The molecule has 0 fully saturated rings. The van der Waals surface area contributed by atoms with Crippen molar-refractivity contribution in [3.8, 4) is 0 Å². The van der Waals surface area contributed by atoms with E-state index in [4.69, 9.17) is 14.2 Å². The van der Waals surface area contributed by atoms with Crippen molar-refractivity contribution >= 4 is 17.9 Å². The highest BCUT2D eigenvalue weighted by Gasteiger charge is 2.19. The number of carbonyl (C=O) groups excluding carboxylic acids is 3. The molecular formula is C77H136O6. The minimum Gasteiger partial charge on any atom is -0.462 e. The average Bonchev–Trinajstić information content (AvgIpc) is 3.49. The molecule has 0 aromatic heterocycles. The molecule has 480 valence electrons. The maximum Gasteiger partial charge on any atom is 0.306 e. The van der Waals surface area contributed by atoms with Crippen LogP contribution in [-0.2, 0) is 28.6 Å². The van der Waals surface area contributed by atoms with Crippen molar-refractivity contribution in [3.05, 3.63) is 85.1 Å². The first-order valence-corrected chi connectivity index (χ1v) is 36.1. The predicted octanol–water partition coefficient (Wildman–Crippen LogP) is 25.0. The molecule has 0 aliphatic carbocycles. The van der Waals surface area contributed by atoms with Crippen LogP contribution in [0.4, 0.5) is 0 Å². The Morgan fingerprint density at radius 2 is 0.470 bits per heavy atom. The molecule has 0 aliphatic heterocycles. The fraction of sp³-hybridized carbons (Fsp3) is 0.779. The Balaban J connectivity index is 4.20. The molecule has 1 unspecified atom stereocenters. The normalized spacial score (nSPS) is 12.6. The molecule has 6 heteroatoms. The van der Waals surface area contributed by atoms with Crippen LogP contribution in [0.15, 0.2) is 85.1 Å². The molecule has 0 aromatic rings. The van der Waals surface area contributed by atoms with Gasteiger partial charge >= 0.3 is 17.9 Å². The third-order valence-corrected chi connectivity index (χ3v) is 15.9. The van der Waals surface area contributed by atoms with Gasteiger partial charge in [-0.3, -0.25) is 14.4 Å². The minimum absolute atomic E-state index is 0.0704. The zero-order valence-corrected chi connectivity index (χ0v) is 55.2. The van der Waals surface area contributed by atoms with Gasteiger partial charge in [0, 0.05) is 19.3 Å². The summed E-state index contributed by atoms with van der Waals surface area (Å²) in [6.45, 7) is 6.58. The molecular weight excluding hydrogens is 1020 g/mol. The van der Waals surface area contributed by atoms with Crippen LogP contribution in [0.2, 0.25) is 0 Å². The second-order valence-electron chi connectivity index (χ2n) is 24.1. The summed E-state index contributed by atoms with van der Waals surface area (Å²) in [4.78, 5) is 38.4. The van der Waals surface area contributed by atoms with Crippen molar-refractivity contribution in [2.75, 3.05) is 13.2 Å². The van der Waals surface area contributed by atoms with Crippen molar-refractivity contribution < 1.29 is 28.6 Å². The Morgan fingerprint density at radius 1 is 0.253 bits per heavy atom. The van der Waals surface area contributed by atoms with Crippen LogP contribution < -0.4 is 0 Å². The lowest BCUT2D eigenvalue weighted by atomic mass is 10.0. The lowest BCUT2D eigenvalue weighted by molar-refractivity contribution is -0.167. The van der Waals surface area contributed by atoms with Crippen LogP contribution in [0.1, 0.15) is 367 Å². The van der Waals surface area contributed by atoms with Gasteiger partial charge in [-0.15, -0.1) is 0 Å². The van der Waals surface area contributed by atoms with Crippen LogP contribution >= 0.6 is 0 Å². The first-order valence-electron chi connectivity index (χ1n) is 36.1. The molecule has 0 bridgehead atoms. The van der Waals surface area contributed by atoms with E-state index in [0.29, 0.717) is 19.3 Å². The topological polar surface area (TPSA) is 78.9 Å². The molecule has 0 spiro atoms. The second kappa shape index (κ2) is 71.1. The van der Waals surface area contributed by atoms with Gasteiger partial charge in [0.2, 0.25) is 0 Å². The van der Waals surface area contributed by atoms with Crippen LogP contribution in [0, 0.1) is 0 Å². The number of esters is 3. The van der Waals surface area contributed by atoms with E-state index in [9.17, 15) is 14.4 Å². The number of allylic oxidation sites excluding steroid dienone is 14. The van der Waals surface area contributed by atoms with Crippen LogP contribution in [0.5, 0.6) is 0 Å². The van der Waals surface area contributed by atoms with Gasteiger partial charge in [0.25, 0.3) is 0 Å². The molecule has 0 heterocycles. The lowest BCUT2D eigenvalue weighted by Gasteiger charge is -2.18. The molecule has 0 radical (unpaired) electrons. The Kier molecular flexibility index (Phi) is 68.2. The monoisotopic (exact) mass is 1160 g/mol. The van der Waals surface area contributed by atoms with E-state index >= 15 is 0 Å². The number of hydrogen-bond acceptors (Lipinski definition) is 6. The fourth-order valence-electron chi connectivity index (χ4n) is 10.5. The molecule has 0 saturated heterocycles. The largest absolute Gasteiger partial charge is 0.462 e. The van der Waals surface area contributed by atoms with E-state index in [1.54, 1.807) is 0 Å². The summed E-state index contributed by atoms with van der Waals surface area (Å²) in [5, 5.41) is 0. The summed E-state index contributed by atoms with van der Waals surface area (Å²) < 4.78 is 17.0. The predicted molar refractivity (Wildman–Crippen MR) is 362 cm³/mol. The maximum atomic E-state index is 12.9. The second-order valence-corrected chi connectivity index (χ2v) is 24.1. The van der Waals surface area contributed by atoms with E-state index in [2.05, 4.69) is 106 Å².